The maximum atomic E-state index is 12.5. The van der Waals surface area contributed by atoms with E-state index < -0.39 is 0 Å². The minimum absolute atomic E-state index is 0.196. The Morgan fingerprint density at radius 3 is 2.15 bits per heavy atom. The lowest BCUT2D eigenvalue weighted by atomic mass is 10.2. The summed E-state index contributed by atoms with van der Waals surface area (Å²) in [5.74, 6) is 0.936. The van der Waals surface area contributed by atoms with Crippen molar-refractivity contribution < 1.29 is 9.59 Å². The van der Waals surface area contributed by atoms with Gasteiger partial charge in [0.15, 0.2) is 0 Å². The number of amides is 2. The second kappa shape index (κ2) is 10.1. The molecule has 148 valence electrons. The van der Waals surface area contributed by atoms with Crippen molar-refractivity contribution in [3.05, 3.63) is 29.8 Å². The molecule has 2 saturated heterocycles. The highest BCUT2D eigenvalue weighted by atomic mass is 32.2. The second-order valence-electron chi connectivity index (χ2n) is 7.51. The summed E-state index contributed by atoms with van der Waals surface area (Å²) >= 11 is 1.62. The highest BCUT2D eigenvalue weighted by Crippen LogP contribution is 2.22. The van der Waals surface area contributed by atoms with E-state index >= 15 is 0 Å². The van der Waals surface area contributed by atoms with Crippen LogP contribution in [0.3, 0.4) is 0 Å². The standard InChI is InChI=1S/C21H31N3O2S/c1-18-8-4-5-9-19(18)27-17-21(26)24-14-12-22(13-15-24)16-20(25)23-10-6-2-3-7-11-23/h4-5,8-9H,2-3,6-7,10-17H2,1H3. The minimum Gasteiger partial charge on any atom is -0.342 e. The van der Waals surface area contributed by atoms with E-state index in [1.807, 2.05) is 21.9 Å². The zero-order chi connectivity index (χ0) is 19.1. The monoisotopic (exact) mass is 389 g/mol. The van der Waals surface area contributed by atoms with Crippen molar-refractivity contribution in [1.82, 2.24) is 14.7 Å². The minimum atomic E-state index is 0.196. The summed E-state index contributed by atoms with van der Waals surface area (Å²) in [7, 11) is 0. The molecular weight excluding hydrogens is 358 g/mol. The Hall–Kier alpha value is -1.53. The van der Waals surface area contributed by atoms with Crippen LogP contribution in [0.15, 0.2) is 29.2 Å². The van der Waals surface area contributed by atoms with E-state index in [1.165, 1.54) is 23.3 Å². The SMILES string of the molecule is Cc1ccccc1SCC(=O)N1CCN(CC(=O)N2CCCCCC2)CC1. The third-order valence-electron chi connectivity index (χ3n) is 5.49. The summed E-state index contributed by atoms with van der Waals surface area (Å²) in [5.41, 5.74) is 1.21. The molecule has 3 rings (SSSR count). The van der Waals surface area contributed by atoms with Crippen molar-refractivity contribution in [3.63, 3.8) is 0 Å². The van der Waals surface area contributed by atoms with Crippen molar-refractivity contribution in [2.45, 2.75) is 37.5 Å². The van der Waals surface area contributed by atoms with Crippen LogP contribution < -0.4 is 0 Å². The molecule has 0 saturated carbocycles. The molecule has 6 heteroatoms. The maximum Gasteiger partial charge on any atom is 0.236 e. The fourth-order valence-corrected chi connectivity index (χ4v) is 4.65. The van der Waals surface area contributed by atoms with Gasteiger partial charge in [-0.15, -0.1) is 11.8 Å². The number of carbonyl (C=O) groups is 2. The molecule has 0 spiro atoms. The number of rotatable bonds is 5. The van der Waals surface area contributed by atoms with Gasteiger partial charge in [-0.2, -0.15) is 0 Å². The first kappa shape index (κ1) is 20.2. The normalized spacial score (nSPS) is 19.0. The molecule has 0 aromatic heterocycles. The van der Waals surface area contributed by atoms with Crippen molar-refractivity contribution in [1.29, 1.82) is 0 Å². The zero-order valence-corrected chi connectivity index (χ0v) is 17.2. The first-order valence-electron chi connectivity index (χ1n) is 10.1. The molecule has 2 aliphatic rings. The van der Waals surface area contributed by atoms with Crippen LogP contribution in [0.5, 0.6) is 0 Å². The fraction of sp³-hybridized carbons (Fsp3) is 0.619. The zero-order valence-electron chi connectivity index (χ0n) is 16.4. The first-order chi connectivity index (χ1) is 13.1. The van der Waals surface area contributed by atoms with Gasteiger partial charge in [0.1, 0.15) is 0 Å². The Labute approximate surface area is 167 Å². The molecule has 2 amide bonds. The van der Waals surface area contributed by atoms with E-state index in [0.29, 0.717) is 12.3 Å². The summed E-state index contributed by atoms with van der Waals surface area (Å²) in [5, 5.41) is 0. The summed E-state index contributed by atoms with van der Waals surface area (Å²) in [6.07, 6.45) is 4.75. The number of piperazine rings is 1. The molecule has 1 aromatic carbocycles. The Balaban J connectivity index is 1.39. The van der Waals surface area contributed by atoms with Gasteiger partial charge >= 0.3 is 0 Å². The lowest BCUT2D eigenvalue weighted by molar-refractivity contribution is -0.134. The molecule has 0 radical (unpaired) electrons. The summed E-state index contributed by atoms with van der Waals surface area (Å²) in [6.45, 7) is 7.43. The number of nitrogens with zero attached hydrogens (tertiary/aromatic N) is 3. The van der Waals surface area contributed by atoms with Crippen LogP contribution in [0.1, 0.15) is 31.2 Å². The number of carbonyl (C=O) groups excluding carboxylic acids is 2. The van der Waals surface area contributed by atoms with Crippen LogP contribution in [0.25, 0.3) is 0 Å². The lowest BCUT2D eigenvalue weighted by Gasteiger charge is -2.35. The first-order valence-corrected chi connectivity index (χ1v) is 11.1. The van der Waals surface area contributed by atoms with Crippen LogP contribution in [-0.4, -0.2) is 78.1 Å². The van der Waals surface area contributed by atoms with E-state index in [1.54, 1.807) is 11.8 Å². The van der Waals surface area contributed by atoms with Gasteiger partial charge in [-0.3, -0.25) is 14.5 Å². The van der Waals surface area contributed by atoms with E-state index in [-0.39, 0.29) is 11.8 Å². The van der Waals surface area contributed by atoms with Crippen LogP contribution in [0.2, 0.25) is 0 Å². The molecule has 0 unspecified atom stereocenters. The number of hydrogen-bond acceptors (Lipinski definition) is 4. The average Bonchev–Trinajstić information content (AvgIpc) is 2.97. The number of hydrogen-bond donors (Lipinski definition) is 0. The van der Waals surface area contributed by atoms with Crippen LogP contribution >= 0.6 is 11.8 Å². The van der Waals surface area contributed by atoms with Gasteiger partial charge in [0.05, 0.1) is 12.3 Å². The molecule has 2 heterocycles. The number of thioether (sulfide) groups is 1. The van der Waals surface area contributed by atoms with Crippen LogP contribution in [0.4, 0.5) is 0 Å². The Morgan fingerprint density at radius 2 is 1.48 bits per heavy atom. The maximum absolute atomic E-state index is 12.5. The lowest BCUT2D eigenvalue weighted by Crippen LogP contribution is -2.52. The quantitative estimate of drug-likeness (QED) is 0.726. The second-order valence-corrected chi connectivity index (χ2v) is 8.52. The third-order valence-corrected chi connectivity index (χ3v) is 6.65. The van der Waals surface area contributed by atoms with Gasteiger partial charge in [0, 0.05) is 44.2 Å². The predicted molar refractivity (Wildman–Crippen MR) is 110 cm³/mol. The Morgan fingerprint density at radius 1 is 0.852 bits per heavy atom. The van der Waals surface area contributed by atoms with Gasteiger partial charge in [0.25, 0.3) is 0 Å². The van der Waals surface area contributed by atoms with Crippen LogP contribution in [0, 0.1) is 6.92 Å². The molecule has 0 aliphatic carbocycles. The summed E-state index contributed by atoms with van der Waals surface area (Å²) < 4.78 is 0. The van der Waals surface area contributed by atoms with Gasteiger partial charge in [0.2, 0.25) is 11.8 Å². The fourth-order valence-electron chi connectivity index (χ4n) is 3.72. The predicted octanol–water partition coefficient (Wildman–Crippen LogP) is 2.63. The molecule has 0 bridgehead atoms. The Kier molecular flexibility index (Phi) is 7.59. The molecule has 1 aromatic rings. The summed E-state index contributed by atoms with van der Waals surface area (Å²) in [4.78, 5) is 32.4. The van der Waals surface area contributed by atoms with Gasteiger partial charge in [-0.25, -0.2) is 0 Å². The van der Waals surface area contributed by atoms with Crippen molar-refractivity contribution in [2.75, 3.05) is 51.6 Å². The molecule has 2 fully saturated rings. The molecule has 0 N–H and O–H groups in total. The average molecular weight is 390 g/mol. The molecule has 5 nitrogen and oxygen atoms in total. The van der Waals surface area contributed by atoms with Gasteiger partial charge < -0.3 is 9.80 Å². The largest absolute Gasteiger partial charge is 0.342 e. The Bertz CT molecular complexity index is 636. The van der Waals surface area contributed by atoms with Gasteiger partial charge in [-0.05, 0) is 31.4 Å². The highest BCUT2D eigenvalue weighted by molar-refractivity contribution is 8.00. The number of aryl methyl sites for hydroxylation is 1. The van der Waals surface area contributed by atoms with E-state index in [9.17, 15) is 9.59 Å². The van der Waals surface area contributed by atoms with E-state index in [4.69, 9.17) is 0 Å². The van der Waals surface area contributed by atoms with Crippen molar-refractivity contribution in [2.24, 2.45) is 0 Å². The molecule has 27 heavy (non-hydrogen) atoms. The molecular formula is C21H31N3O2S. The van der Waals surface area contributed by atoms with Gasteiger partial charge in [-0.1, -0.05) is 31.0 Å². The molecule has 2 aliphatic heterocycles. The smallest absolute Gasteiger partial charge is 0.236 e. The van der Waals surface area contributed by atoms with Crippen LogP contribution in [-0.2, 0) is 9.59 Å². The topological polar surface area (TPSA) is 43.9 Å². The van der Waals surface area contributed by atoms with E-state index in [0.717, 1.165) is 52.1 Å². The summed E-state index contributed by atoms with van der Waals surface area (Å²) in [6, 6.07) is 8.18. The highest BCUT2D eigenvalue weighted by Gasteiger charge is 2.24. The van der Waals surface area contributed by atoms with Crippen molar-refractivity contribution in [3.8, 4) is 0 Å². The molecule has 0 atom stereocenters. The number of benzene rings is 1. The third kappa shape index (κ3) is 5.98. The number of likely N-dealkylation sites (tertiary alicyclic amines) is 1. The van der Waals surface area contributed by atoms with E-state index in [2.05, 4.69) is 24.0 Å². The van der Waals surface area contributed by atoms with Crippen molar-refractivity contribution >= 4 is 23.6 Å².